The Bertz CT molecular complexity index is 1240. The quantitative estimate of drug-likeness (QED) is 0.433. The van der Waals surface area contributed by atoms with Gasteiger partial charge in [-0.15, -0.1) is 0 Å². The molecule has 2 aromatic heterocycles. The van der Waals surface area contributed by atoms with E-state index in [-0.39, 0.29) is 0 Å². The fourth-order valence-corrected chi connectivity index (χ4v) is 4.12. The van der Waals surface area contributed by atoms with Crippen LogP contribution in [-0.2, 0) is 24.3 Å². The van der Waals surface area contributed by atoms with Crippen LogP contribution in [0.5, 0.6) is 0 Å². The molecule has 2 aromatic carbocycles. The van der Waals surface area contributed by atoms with E-state index in [0.717, 1.165) is 45.7 Å². The third-order valence-electron chi connectivity index (χ3n) is 5.66. The second kappa shape index (κ2) is 8.15. The number of nitrogens with one attached hydrogen (secondary N) is 1. The monoisotopic (exact) mass is 414 g/mol. The number of anilines is 1. The van der Waals surface area contributed by atoms with Crippen molar-refractivity contribution in [1.82, 2.24) is 14.5 Å². The summed E-state index contributed by atoms with van der Waals surface area (Å²) in [6.45, 7) is 3.74. The molecule has 8 heteroatoms. The van der Waals surface area contributed by atoms with Gasteiger partial charge in [0.05, 0.1) is 24.4 Å². The summed E-state index contributed by atoms with van der Waals surface area (Å²) in [6.07, 6.45) is 0.726. The molecule has 0 bridgehead atoms. The minimum atomic E-state index is -1.54. The Morgan fingerprint density at radius 1 is 1.10 bits per heavy atom. The van der Waals surface area contributed by atoms with Gasteiger partial charge in [-0.3, -0.25) is 4.57 Å². The van der Waals surface area contributed by atoms with Crippen molar-refractivity contribution in [3.8, 4) is 5.95 Å². The highest BCUT2D eigenvalue weighted by molar-refractivity contribution is 6.61. The molecule has 0 fully saturated rings. The van der Waals surface area contributed by atoms with Crippen LogP contribution in [0.4, 0.5) is 5.82 Å². The number of rotatable bonds is 5. The highest BCUT2D eigenvalue weighted by Gasteiger charge is 2.22. The summed E-state index contributed by atoms with van der Waals surface area (Å²) in [5.41, 5.74) is 5.36. The Kier molecular flexibility index (Phi) is 5.19. The summed E-state index contributed by atoms with van der Waals surface area (Å²) >= 11 is 0. The molecular weight excluding hydrogens is 391 g/mol. The first kappa shape index (κ1) is 19.7. The van der Waals surface area contributed by atoms with Gasteiger partial charge >= 0.3 is 7.12 Å². The van der Waals surface area contributed by atoms with E-state index in [0.29, 0.717) is 31.2 Å². The smallest absolute Gasteiger partial charge is 0.423 e. The number of benzene rings is 2. The maximum atomic E-state index is 9.76. The summed E-state index contributed by atoms with van der Waals surface area (Å²) in [6, 6.07) is 17.6. The van der Waals surface area contributed by atoms with Crippen LogP contribution in [0.25, 0.3) is 16.9 Å². The second-order valence-electron chi connectivity index (χ2n) is 7.71. The summed E-state index contributed by atoms with van der Waals surface area (Å²) in [7, 11) is -1.54. The molecule has 1 aliphatic rings. The molecule has 4 aromatic rings. The Labute approximate surface area is 180 Å². The van der Waals surface area contributed by atoms with Gasteiger partial charge in [0.25, 0.3) is 0 Å². The molecule has 7 nitrogen and oxygen atoms in total. The van der Waals surface area contributed by atoms with Gasteiger partial charge in [0.15, 0.2) is 0 Å². The number of hydrogen-bond acceptors (Lipinski definition) is 6. The van der Waals surface area contributed by atoms with E-state index in [1.54, 1.807) is 6.07 Å². The molecule has 0 saturated carbocycles. The SMILES string of the molecule is Cc1cc2c(B(O)O)cccc2n1-c1nc2c(c(NCc3ccccc3)n1)COCC2. The zero-order valence-electron chi connectivity index (χ0n) is 17.2. The molecule has 0 spiro atoms. The van der Waals surface area contributed by atoms with Gasteiger partial charge < -0.3 is 20.1 Å². The molecule has 0 unspecified atom stereocenters. The standard InChI is InChI=1S/C23H23BN4O3/c1-15-12-17-19(24(29)30)8-5-9-21(17)28(15)23-26-20-10-11-31-14-18(20)22(27-23)25-13-16-6-3-2-4-7-16/h2-9,12,29-30H,10-11,13-14H2,1H3,(H,25,26,27). The van der Waals surface area contributed by atoms with Crippen molar-refractivity contribution >= 4 is 29.3 Å². The van der Waals surface area contributed by atoms with Gasteiger partial charge in [0.1, 0.15) is 5.82 Å². The first-order valence-electron chi connectivity index (χ1n) is 10.3. The van der Waals surface area contributed by atoms with Crippen LogP contribution in [0.2, 0.25) is 0 Å². The largest absolute Gasteiger partial charge is 0.489 e. The number of hydrogen-bond donors (Lipinski definition) is 3. The van der Waals surface area contributed by atoms with E-state index in [4.69, 9.17) is 14.7 Å². The fourth-order valence-electron chi connectivity index (χ4n) is 4.12. The molecule has 31 heavy (non-hydrogen) atoms. The molecule has 3 heterocycles. The maximum absolute atomic E-state index is 9.76. The number of nitrogens with zero attached hydrogens (tertiary/aromatic N) is 3. The zero-order valence-corrected chi connectivity index (χ0v) is 17.2. The average Bonchev–Trinajstić information content (AvgIpc) is 3.13. The van der Waals surface area contributed by atoms with Crippen LogP contribution >= 0.6 is 0 Å². The van der Waals surface area contributed by atoms with E-state index >= 15 is 0 Å². The van der Waals surface area contributed by atoms with E-state index in [9.17, 15) is 10.0 Å². The molecule has 0 aliphatic carbocycles. The second-order valence-corrected chi connectivity index (χ2v) is 7.71. The molecule has 0 radical (unpaired) electrons. The maximum Gasteiger partial charge on any atom is 0.489 e. The van der Waals surface area contributed by atoms with Crippen LogP contribution in [0.15, 0.2) is 54.6 Å². The number of aryl methyl sites for hydroxylation is 1. The molecular formula is C23H23BN4O3. The van der Waals surface area contributed by atoms with Crippen molar-refractivity contribution in [1.29, 1.82) is 0 Å². The summed E-state index contributed by atoms with van der Waals surface area (Å²) < 4.78 is 7.64. The highest BCUT2D eigenvalue weighted by Crippen LogP contribution is 2.27. The van der Waals surface area contributed by atoms with Crippen molar-refractivity contribution in [2.24, 2.45) is 0 Å². The highest BCUT2D eigenvalue weighted by atomic mass is 16.5. The Morgan fingerprint density at radius 2 is 1.94 bits per heavy atom. The number of ether oxygens (including phenoxy) is 1. The Morgan fingerprint density at radius 3 is 2.74 bits per heavy atom. The lowest BCUT2D eigenvalue weighted by molar-refractivity contribution is 0.109. The number of aromatic nitrogens is 3. The van der Waals surface area contributed by atoms with Gasteiger partial charge in [-0.25, -0.2) is 4.98 Å². The Balaban J connectivity index is 1.62. The summed E-state index contributed by atoms with van der Waals surface area (Å²) in [4.78, 5) is 9.73. The Hall–Kier alpha value is -3.20. The summed E-state index contributed by atoms with van der Waals surface area (Å²) in [5, 5.41) is 23.8. The lowest BCUT2D eigenvalue weighted by Gasteiger charge is -2.21. The molecule has 0 saturated heterocycles. The summed E-state index contributed by atoms with van der Waals surface area (Å²) in [5.74, 6) is 1.33. The third-order valence-corrected chi connectivity index (χ3v) is 5.66. The lowest BCUT2D eigenvalue weighted by atomic mass is 9.78. The predicted octanol–water partition coefficient (Wildman–Crippen LogP) is 2.09. The van der Waals surface area contributed by atoms with Gasteiger partial charge in [0.2, 0.25) is 5.95 Å². The fraction of sp³-hybridized carbons (Fsp3) is 0.217. The molecule has 156 valence electrons. The van der Waals surface area contributed by atoms with Gasteiger partial charge in [-0.1, -0.05) is 42.5 Å². The average molecular weight is 414 g/mol. The van der Waals surface area contributed by atoms with Crippen molar-refractivity contribution in [2.75, 3.05) is 11.9 Å². The zero-order chi connectivity index (χ0) is 21.4. The predicted molar refractivity (Wildman–Crippen MR) is 121 cm³/mol. The molecule has 5 rings (SSSR count). The van der Waals surface area contributed by atoms with Gasteiger partial charge in [-0.05, 0) is 30.1 Å². The van der Waals surface area contributed by atoms with Gasteiger partial charge in [0, 0.05) is 29.6 Å². The molecule has 0 amide bonds. The molecule has 0 atom stereocenters. The first-order valence-corrected chi connectivity index (χ1v) is 10.3. The van der Waals surface area contributed by atoms with E-state index in [1.807, 2.05) is 47.9 Å². The van der Waals surface area contributed by atoms with Crippen LogP contribution < -0.4 is 10.8 Å². The molecule has 1 aliphatic heterocycles. The van der Waals surface area contributed by atoms with Crippen LogP contribution in [0.1, 0.15) is 22.5 Å². The van der Waals surface area contributed by atoms with E-state index in [1.165, 1.54) is 0 Å². The van der Waals surface area contributed by atoms with Crippen LogP contribution in [0.3, 0.4) is 0 Å². The minimum Gasteiger partial charge on any atom is -0.423 e. The van der Waals surface area contributed by atoms with Gasteiger partial charge in [-0.2, -0.15) is 4.98 Å². The normalized spacial score (nSPS) is 13.3. The van der Waals surface area contributed by atoms with Crippen LogP contribution in [0, 0.1) is 6.92 Å². The van der Waals surface area contributed by atoms with Crippen molar-refractivity contribution in [2.45, 2.75) is 26.5 Å². The molecule has 3 N–H and O–H groups in total. The lowest BCUT2D eigenvalue weighted by Crippen LogP contribution is -2.30. The van der Waals surface area contributed by atoms with Crippen molar-refractivity contribution < 1.29 is 14.8 Å². The van der Waals surface area contributed by atoms with Crippen molar-refractivity contribution in [3.63, 3.8) is 0 Å². The number of fused-ring (bicyclic) bond motifs is 2. The van der Waals surface area contributed by atoms with E-state index in [2.05, 4.69) is 17.4 Å². The van der Waals surface area contributed by atoms with Crippen molar-refractivity contribution in [3.05, 3.63) is 77.1 Å². The third kappa shape index (κ3) is 3.70. The van der Waals surface area contributed by atoms with E-state index < -0.39 is 7.12 Å². The topological polar surface area (TPSA) is 92.4 Å². The first-order chi connectivity index (χ1) is 15.1. The van der Waals surface area contributed by atoms with Crippen LogP contribution in [-0.4, -0.2) is 38.3 Å². The minimum absolute atomic E-state index is 0.466.